The highest BCUT2D eigenvalue weighted by atomic mass is 16.6. The third kappa shape index (κ3) is 7.69. The number of ether oxygens (including phenoxy) is 2. The van der Waals surface area contributed by atoms with Gasteiger partial charge in [0.2, 0.25) is 5.91 Å². The summed E-state index contributed by atoms with van der Waals surface area (Å²) in [7, 11) is 0. The Morgan fingerprint density at radius 2 is 1.69 bits per heavy atom. The van der Waals surface area contributed by atoms with Gasteiger partial charge >= 0.3 is 6.09 Å². The number of alkyl carbamates (subject to hydrolysis) is 1. The average Bonchev–Trinajstić information content (AvgIpc) is 3.28. The summed E-state index contributed by atoms with van der Waals surface area (Å²) < 4.78 is 13.0. The van der Waals surface area contributed by atoms with Crippen molar-refractivity contribution in [3.8, 4) is 5.75 Å². The van der Waals surface area contributed by atoms with E-state index in [1.165, 1.54) is 0 Å². The Balaban J connectivity index is 1.45. The minimum absolute atomic E-state index is 0.121. The van der Waals surface area contributed by atoms with E-state index in [4.69, 9.17) is 9.47 Å². The lowest BCUT2D eigenvalue weighted by Crippen LogP contribution is -2.49. The molecule has 3 N–H and O–H groups in total. The molecule has 2 aromatic carbocycles. The molecule has 4 rings (SSSR count). The highest BCUT2D eigenvalue weighted by Gasteiger charge is 2.25. The predicted octanol–water partition coefficient (Wildman–Crippen LogP) is 5.01. The molecule has 224 valence electrons. The van der Waals surface area contributed by atoms with Gasteiger partial charge in [-0.15, -0.1) is 0 Å². The van der Waals surface area contributed by atoms with E-state index in [2.05, 4.69) is 20.8 Å². The number of hydrogen-bond acceptors (Lipinski definition) is 6. The van der Waals surface area contributed by atoms with Gasteiger partial charge in [-0.25, -0.2) is 4.79 Å². The fourth-order valence-electron chi connectivity index (χ4n) is 4.78. The van der Waals surface area contributed by atoms with Crippen molar-refractivity contribution >= 4 is 33.8 Å². The van der Waals surface area contributed by atoms with Crippen molar-refractivity contribution in [1.29, 1.82) is 0 Å². The topological polar surface area (TPSA) is 127 Å². The average molecular weight is 576 g/mol. The summed E-state index contributed by atoms with van der Waals surface area (Å²) in [5.41, 5.74) is 1.86. The second-order valence-corrected chi connectivity index (χ2v) is 12.5. The number of aryl methyl sites for hydroxylation is 2. The van der Waals surface area contributed by atoms with E-state index in [-0.39, 0.29) is 23.5 Å². The Morgan fingerprint density at radius 3 is 2.36 bits per heavy atom. The SMILES string of the molecule is Cc1[nH]nc2c1c(=O)n(CCCNC(=O)C(Cc1ccc(OC(C)(C)C)cc1)NC(=O)OC(C)(C)C)c1ccccc21. The normalized spacial score (nSPS) is 12.7. The standard InChI is InChI=1S/C32H41N5O5/c1-20-26-27(36-35-20)23-11-8-9-12-25(23)37(29(26)39)18-10-17-33-28(38)24(34-30(40)42-32(5,6)7)19-21-13-15-22(16-14-21)41-31(2,3)4/h8-9,11-16,24H,10,17-19H2,1-7H3,(H,33,38)(H,34,40)(H,35,36). The van der Waals surface area contributed by atoms with Gasteiger partial charge < -0.3 is 24.7 Å². The third-order valence-electron chi connectivity index (χ3n) is 6.51. The van der Waals surface area contributed by atoms with Gasteiger partial charge in [-0.3, -0.25) is 14.7 Å². The summed E-state index contributed by atoms with van der Waals surface area (Å²) in [6.07, 6.45) is 0.106. The monoisotopic (exact) mass is 575 g/mol. The van der Waals surface area contributed by atoms with E-state index in [0.29, 0.717) is 30.4 Å². The molecule has 0 bridgehead atoms. The van der Waals surface area contributed by atoms with Crippen LogP contribution in [-0.4, -0.2) is 50.6 Å². The molecule has 2 heterocycles. The number of para-hydroxylation sites is 1. The van der Waals surface area contributed by atoms with Crippen LogP contribution >= 0.6 is 0 Å². The maximum Gasteiger partial charge on any atom is 0.408 e. The van der Waals surface area contributed by atoms with E-state index in [9.17, 15) is 14.4 Å². The zero-order valence-electron chi connectivity index (χ0n) is 25.5. The van der Waals surface area contributed by atoms with Gasteiger partial charge in [0.25, 0.3) is 5.56 Å². The summed E-state index contributed by atoms with van der Waals surface area (Å²) in [6, 6.07) is 14.3. The number of carbonyl (C=O) groups excluding carboxylic acids is 2. The number of aromatic nitrogens is 3. The highest BCUT2D eigenvalue weighted by molar-refractivity contribution is 6.03. The molecule has 4 aromatic rings. The summed E-state index contributed by atoms with van der Waals surface area (Å²) in [5.74, 6) is 0.383. The molecule has 10 nitrogen and oxygen atoms in total. The molecule has 10 heteroatoms. The van der Waals surface area contributed by atoms with Gasteiger partial charge in [-0.05, 0) is 78.6 Å². The lowest BCUT2D eigenvalue weighted by atomic mass is 10.0. The van der Waals surface area contributed by atoms with Gasteiger partial charge in [0.05, 0.1) is 10.9 Å². The molecule has 0 aliphatic heterocycles. The van der Waals surface area contributed by atoms with Crippen LogP contribution in [0.5, 0.6) is 5.75 Å². The quantitative estimate of drug-likeness (QED) is 0.241. The van der Waals surface area contributed by atoms with Gasteiger partial charge in [0, 0.05) is 30.6 Å². The summed E-state index contributed by atoms with van der Waals surface area (Å²) >= 11 is 0. The van der Waals surface area contributed by atoms with E-state index < -0.39 is 17.7 Å². The molecule has 1 atom stereocenters. The molecule has 0 aliphatic rings. The van der Waals surface area contributed by atoms with Crippen LogP contribution in [0.15, 0.2) is 53.3 Å². The zero-order valence-corrected chi connectivity index (χ0v) is 25.5. The largest absolute Gasteiger partial charge is 0.488 e. The predicted molar refractivity (Wildman–Crippen MR) is 164 cm³/mol. The Kier molecular flexibility index (Phi) is 8.94. The smallest absolute Gasteiger partial charge is 0.408 e. The zero-order chi connectivity index (χ0) is 30.7. The fraction of sp³-hybridized carbons (Fsp3) is 0.438. The van der Waals surface area contributed by atoms with Crippen molar-refractivity contribution in [2.45, 2.75) is 85.1 Å². The second kappa shape index (κ2) is 12.3. The lowest BCUT2D eigenvalue weighted by molar-refractivity contribution is -0.123. The maximum atomic E-state index is 13.3. The molecule has 0 radical (unpaired) electrons. The van der Waals surface area contributed by atoms with E-state index >= 15 is 0 Å². The van der Waals surface area contributed by atoms with Gasteiger partial charge in [0.1, 0.15) is 28.5 Å². The number of carbonyl (C=O) groups is 2. The molecule has 2 amide bonds. The summed E-state index contributed by atoms with van der Waals surface area (Å²) in [5, 5.41) is 14.4. The minimum atomic E-state index is -0.859. The second-order valence-electron chi connectivity index (χ2n) is 12.5. The Morgan fingerprint density at radius 1 is 1.00 bits per heavy atom. The Labute approximate surface area is 245 Å². The van der Waals surface area contributed by atoms with Crippen molar-refractivity contribution in [1.82, 2.24) is 25.4 Å². The van der Waals surface area contributed by atoms with Crippen molar-refractivity contribution in [3.05, 3.63) is 70.1 Å². The number of fused-ring (bicyclic) bond motifs is 3. The molecule has 0 saturated heterocycles. The first-order valence-corrected chi connectivity index (χ1v) is 14.2. The van der Waals surface area contributed by atoms with Crippen LogP contribution in [0.25, 0.3) is 21.8 Å². The Bertz CT molecular complexity index is 1620. The number of aromatic amines is 1. The first kappa shape index (κ1) is 30.6. The lowest BCUT2D eigenvalue weighted by Gasteiger charge is -2.24. The van der Waals surface area contributed by atoms with Gasteiger partial charge in [-0.1, -0.05) is 30.3 Å². The van der Waals surface area contributed by atoms with E-state index in [0.717, 1.165) is 27.9 Å². The van der Waals surface area contributed by atoms with Crippen LogP contribution in [0, 0.1) is 6.92 Å². The fourth-order valence-corrected chi connectivity index (χ4v) is 4.78. The van der Waals surface area contributed by atoms with Crippen LogP contribution in [0.4, 0.5) is 4.79 Å². The molecule has 0 aliphatic carbocycles. The van der Waals surface area contributed by atoms with E-state index in [1.807, 2.05) is 76.2 Å². The molecule has 2 aromatic heterocycles. The first-order valence-electron chi connectivity index (χ1n) is 14.2. The number of rotatable bonds is 9. The van der Waals surface area contributed by atoms with Gasteiger partial charge in [-0.2, -0.15) is 5.10 Å². The first-order chi connectivity index (χ1) is 19.7. The molecule has 1 unspecified atom stereocenters. The van der Waals surface area contributed by atoms with Crippen LogP contribution < -0.4 is 20.9 Å². The number of nitrogens with one attached hydrogen (secondary N) is 3. The number of H-pyrrole nitrogens is 1. The molecule has 0 saturated carbocycles. The highest BCUT2D eigenvalue weighted by Crippen LogP contribution is 2.23. The molecule has 0 fully saturated rings. The van der Waals surface area contributed by atoms with Gasteiger partial charge in [0.15, 0.2) is 0 Å². The van der Waals surface area contributed by atoms with E-state index in [1.54, 1.807) is 25.3 Å². The number of hydrogen-bond donors (Lipinski definition) is 3. The van der Waals surface area contributed by atoms with Crippen molar-refractivity contribution < 1.29 is 19.1 Å². The van der Waals surface area contributed by atoms with Crippen molar-refractivity contribution in [3.63, 3.8) is 0 Å². The summed E-state index contributed by atoms with van der Waals surface area (Å²) in [6.45, 7) is 13.8. The summed E-state index contributed by atoms with van der Waals surface area (Å²) in [4.78, 5) is 39.2. The van der Waals surface area contributed by atoms with Crippen molar-refractivity contribution in [2.24, 2.45) is 0 Å². The number of nitrogens with zero attached hydrogens (tertiary/aromatic N) is 2. The third-order valence-corrected chi connectivity index (χ3v) is 6.51. The van der Waals surface area contributed by atoms with Crippen LogP contribution in [0.2, 0.25) is 0 Å². The van der Waals surface area contributed by atoms with Crippen LogP contribution in [-0.2, 0) is 22.5 Å². The maximum absolute atomic E-state index is 13.3. The number of amides is 2. The number of benzene rings is 2. The van der Waals surface area contributed by atoms with Crippen LogP contribution in [0.1, 0.15) is 59.2 Å². The Hall–Kier alpha value is -4.34. The molecule has 42 heavy (non-hydrogen) atoms. The number of pyridine rings is 1. The molecular formula is C32H41N5O5. The minimum Gasteiger partial charge on any atom is -0.488 e. The van der Waals surface area contributed by atoms with Crippen LogP contribution in [0.3, 0.4) is 0 Å². The van der Waals surface area contributed by atoms with Crippen molar-refractivity contribution in [2.75, 3.05) is 6.54 Å². The molecular weight excluding hydrogens is 534 g/mol. The molecule has 0 spiro atoms.